The van der Waals surface area contributed by atoms with Gasteiger partial charge in [0.15, 0.2) is 17.1 Å². The van der Waals surface area contributed by atoms with Crippen LogP contribution in [-0.4, -0.2) is 16.6 Å². The Balaban J connectivity index is 0.000000298. The van der Waals surface area contributed by atoms with Crippen LogP contribution >= 0.6 is 11.3 Å². The molecule has 0 saturated heterocycles. The lowest BCUT2D eigenvalue weighted by atomic mass is 10.0. The van der Waals surface area contributed by atoms with Crippen LogP contribution in [0.4, 0.5) is 10.7 Å². The van der Waals surface area contributed by atoms with E-state index in [-0.39, 0.29) is 11.6 Å². The average molecular weight is 550 g/mol. The molecular formula is C31H39N3O4S. The van der Waals surface area contributed by atoms with Gasteiger partial charge in [0.2, 0.25) is 0 Å². The van der Waals surface area contributed by atoms with E-state index in [9.17, 15) is 14.4 Å². The van der Waals surface area contributed by atoms with E-state index < -0.39 is 5.76 Å². The number of nitrogens with one attached hydrogen (secondary N) is 3. The molecule has 0 amide bonds. The molecular weight excluding hydrogens is 510 g/mol. The summed E-state index contributed by atoms with van der Waals surface area (Å²) in [4.78, 5) is 37.7. The summed E-state index contributed by atoms with van der Waals surface area (Å²) in [6.45, 7) is 17.5. The fourth-order valence-electron chi connectivity index (χ4n) is 3.92. The number of Topliss-reactive ketones (excluding diaryl/α,β-unsaturated/α-hetero) is 2. The lowest BCUT2D eigenvalue weighted by molar-refractivity contribution is 0.100. The van der Waals surface area contributed by atoms with Gasteiger partial charge < -0.3 is 15.1 Å². The van der Waals surface area contributed by atoms with Crippen LogP contribution in [0, 0.1) is 6.92 Å². The van der Waals surface area contributed by atoms with Crippen molar-refractivity contribution in [2.45, 2.75) is 67.7 Å². The van der Waals surface area contributed by atoms with Crippen molar-refractivity contribution in [1.29, 1.82) is 0 Å². The zero-order valence-corrected chi connectivity index (χ0v) is 24.7. The fraction of sp³-hybridized carbons (Fsp3) is 0.323. The number of thiophene rings is 1. The smallest absolute Gasteiger partial charge is 0.408 e. The molecule has 4 rings (SSSR count). The lowest BCUT2D eigenvalue weighted by Gasteiger charge is -2.12. The fourth-order valence-corrected chi connectivity index (χ4v) is 5.18. The number of hydrogen-bond donors (Lipinski definition) is 3. The third-order valence-electron chi connectivity index (χ3n) is 5.70. The van der Waals surface area contributed by atoms with Gasteiger partial charge in [-0.15, -0.1) is 11.3 Å². The summed E-state index contributed by atoms with van der Waals surface area (Å²) in [5, 5.41) is 7.45. The van der Waals surface area contributed by atoms with Crippen molar-refractivity contribution >= 4 is 44.7 Å². The molecule has 3 N–H and O–H groups in total. The van der Waals surface area contributed by atoms with Crippen LogP contribution < -0.4 is 16.4 Å². The van der Waals surface area contributed by atoms with Gasteiger partial charge in [0.1, 0.15) is 10.8 Å². The van der Waals surface area contributed by atoms with Crippen LogP contribution in [0.25, 0.3) is 11.1 Å². The van der Waals surface area contributed by atoms with E-state index in [4.69, 9.17) is 4.42 Å². The largest absolute Gasteiger partial charge is 0.417 e. The highest BCUT2D eigenvalue weighted by Crippen LogP contribution is 2.36. The van der Waals surface area contributed by atoms with E-state index in [0.29, 0.717) is 22.5 Å². The molecule has 2 aromatic heterocycles. The van der Waals surface area contributed by atoms with Crippen LogP contribution in [-0.2, 0) is 12.8 Å². The van der Waals surface area contributed by atoms with E-state index in [1.807, 2.05) is 26.0 Å². The molecule has 0 fully saturated rings. The number of aromatic amines is 1. The Morgan fingerprint density at radius 2 is 1.67 bits per heavy atom. The standard InChI is InChI=1S/C20H26N2OS.C9H7NO3.C2H6/c1-6-8-17-18(7-2)24-20(19(17)14(4)23)22-15(5)21-16-11-9-13(3)10-12-16;1-5(11)6-2-3-7-8(4-6)13-9(12)10-7;1-2/h9-12,21-22H,5-8H2,1-4H3;2-4H,1H3,(H,10,12);1-2H3. The van der Waals surface area contributed by atoms with E-state index in [0.717, 1.165) is 35.5 Å². The number of rotatable bonds is 9. The number of carbonyl (C=O) groups excluding carboxylic acids is 2. The molecule has 4 aromatic rings. The molecule has 0 aliphatic rings. The maximum atomic E-state index is 12.2. The lowest BCUT2D eigenvalue weighted by Crippen LogP contribution is -2.10. The number of carbonyl (C=O) groups is 2. The van der Waals surface area contributed by atoms with Gasteiger partial charge in [0.25, 0.3) is 0 Å². The number of fused-ring (bicyclic) bond motifs is 1. The molecule has 0 aliphatic heterocycles. The van der Waals surface area contributed by atoms with Gasteiger partial charge >= 0.3 is 5.76 Å². The van der Waals surface area contributed by atoms with Crippen molar-refractivity contribution in [3.05, 3.63) is 92.5 Å². The molecule has 8 heteroatoms. The first-order valence-electron chi connectivity index (χ1n) is 13.2. The first kappa shape index (κ1) is 31.3. The molecule has 2 aromatic carbocycles. The summed E-state index contributed by atoms with van der Waals surface area (Å²) in [7, 11) is 0. The number of aryl methyl sites for hydroxylation is 2. The summed E-state index contributed by atoms with van der Waals surface area (Å²) < 4.78 is 4.80. The summed E-state index contributed by atoms with van der Waals surface area (Å²) in [6.07, 6.45) is 2.92. The van der Waals surface area contributed by atoms with Crippen LogP contribution in [0.2, 0.25) is 0 Å². The highest BCUT2D eigenvalue weighted by atomic mass is 32.1. The topological polar surface area (TPSA) is 104 Å². The molecule has 7 nitrogen and oxygen atoms in total. The summed E-state index contributed by atoms with van der Waals surface area (Å²) in [5.41, 5.74) is 5.77. The zero-order chi connectivity index (χ0) is 29.1. The van der Waals surface area contributed by atoms with E-state index >= 15 is 0 Å². The Hall–Kier alpha value is -3.91. The van der Waals surface area contributed by atoms with Gasteiger partial charge in [0.05, 0.1) is 11.1 Å². The molecule has 0 unspecified atom stereocenters. The normalized spacial score (nSPS) is 10.1. The molecule has 0 aliphatic carbocycles. The minimum absolute atomic E-state index is 0.0502. The predicted molar refractivity (Wildman–Crippen MR) is 163 cm³/mol. The molecule has 0 spiro atoms. The van der Waals surface area contributed by atoms with Gasteiger partial charge in [0, 0.05) is 16.1 Å². The van der Waals surface area contributed by atoms with Gasteiger partial charge in [-0.25, -0.2) is 4.79 Å². The maximum absolute atomic E-state index is 12.2. The summed E-state index contributed by atoms with van der Waals surface area (Å²) in [5.74, 6) is 0.231. The van der Waals surface area contributed by atoms with Gasteiger partial charge in [-0.1, -0.05) is 58.4 Å². The van der Waals surface area contributed by atoms with Crippen molar-refractivity contribution in [2.24, 2.45) is 0 Å². The minimum atomic E-state index is -0.504. The van der Waals surface area contributed by atoms with Crippen LogP contribution in [0.3, 0.4) is 0 Å². The quantitative estimate of drug-likeness (QED) is 0.182. The van der Waals surface area contributed by atoms with Crippen LogP contribution in [0.1, 0.15) is 84.7 Å². The maximum Gasteiger partial charge on any atom is 0.417 e. The molecule has 0 bridgehead atoms. The number of ketones is 2. The van der Waals surface area contributed by atoms with Crippen LogP contribution in [0.15, 0.2) is 64.1 Å². The summed E-state index contributed by atoms with van der Waals surface area (Å²) in [6, 6.07) is 13.0. The molecule has 39 heavy (non-hydrogen) atoms. The zero-order valence-electron chi connectivity index (χ0n) is 23.9. The number of aromatic nitrogens is 1. The van der Waals surface area contributed by atoms with Crippen molar-refractivity contribution < 1.29 is 14.0 Å². The Morgan fingerprint density at radius 3 is 2.23 bits per heavy atom. The number of benzene rings is 2. The Morgan fingerprint density at radius 1 is 1.00 bits per heavy atom. The average Bonchev–Trinajstić information content (AvgIpc) is 3.45. The first-order chi connectivity index (χ1) is 18.6. The number of anilines is 2. The second kappa shape index (κ2) is 14.9. The molecule has 0 atom stereocenters. The van der Waals surface area contributed by atoms with Crippen molar-refractivity contribution in [1.82, 2.24) is 4.98 Å². The van der Waals surface area contributed by atoms with Gasteiger partial charge in [-0.2, -0.15) is 0 Å². The van der Waals surface area contributed by atoms with Gasteiger partial charge in [-0.05, 0) is 69.5 Å². The number of H-pyrrole nitrogens is 1. The SMILES string of the molecule is C=C(Nc1ccc(C)cc1)Nc1sc(CC)c(CCC)c1C(C)=O.CC.CC(=O)c1ccc2[nH]c(=O)oc2c1. The van der Waals surface area contributed by atoms with E-state index in [1.54, 1.807) is 36.5 Å². The molecule has 0 saturated carbocycles. The number of hydrogen-bond acceptors (Lipinski definition) is 7. The summed E-state index contributed by atoms with van der Waals surface area (Å²) >= 11 is 1.66. The monoisotopic (exact) mass is 549 g/mol. The number of oxazole rings is 1. The van der Waals surface area contributed by atoms with Crippen molar-refractivity contribution in [3.8, 4) is 0 Å². The molecule has 208 valence electrons. The van der Waals surface area contributed by atoms with Crippen molar-refractivity contribution in [3.63, 3.8) is 0 Å². The first-order valence-corrected chi connectivity index (χ1v) is 14.0. The van der Waals surface area contributed by atoms with E-state index in [1.165, 1.54) is 22.9 Å². The Bertz CT molecular complexity index is 1480. The highest BCUT2D eigenvalue weighted by molar-refractivity contribution is 7.16. The molecule has 2 heterocycles. The third kappa shape index (κ3) is 8.55. The second-order valence-corrected chi connectivity index (χ2v) is 9.85. The third-order valence-corrected chi connectivity index (χ3v) is 6.99. The Labute approximate surface area is 234 Å². The minimum Gasteiger partial charge on any atom is -0.408 e. The van der Waals surface area contributed by atoms with Gasteiger partial charge in [-0.3, -0.25) is 14.6 Å². The van der Waals surface area contributed by atoms with E-state index in [2.05, 4.69) is 55.1 Å². The van der Waals surface area contributed by atoms with Crippen LogP contribution in [0.5, 0.6) is 0 Å². The Kier molecular flexibility index (Phi) is 11.9. The second-order valence-electron chi connectivity index (χ2n) is 8.74. The highest BCUT2D eigenvalue weighted by Gasteiger charge is 2.20. The van der Waals surface area contributed by atoms with Crippen molar-refractivity contribution in [2.75, 3.05) is 10.6 Å². The predicted octanol–water partition coefficient (Wildman–Crippen LogP) is 8.12. The molecule has 0 radical (unpaired) electrons.